The zero-order valence-corrected chi connectivity index (χ0v) is 15.0. The van der Waals surface area contributed by atoms with Crippen LogP contribution in [0.4, 0.5) is 0 Å². The number of hydrogen-bond acceptors (Lipinski definition) is 5. The predicted molar refractivity (Wildman–Crippen MR) is 96.8 cm³/mol. The van der Waals surface area contributed by atoms with Gasteiger partial charge in [-0.1, -0.05) is 38.1 Å². The highest BCUT2D eigenvalue weighted by Crippen LogP contribution is 2.31. The van der Waals surface area contributed by atoms with Crippen LogP contribution >= 0.6 is 0 Å². The van der Waals surface area contributed by atoms with E-state index in [0.717, 1.165) is 24.0 Å². The van der Waals surface area contributed by atoms with Gasteiger partial charge in [-0.25, -0.2) is 4.79 Å². The number of ether oxygens (including phenoxy) is 3. The average Bonchev–Trinajstić information content (AvgIpc) is 2.70. The third-order valence-corrected chi connectivity index (χ3v) is 4.38. The molecule has 26 heavy (non-hydrogen) atoms. The Bertz CT molecular complexity index is 812. The summed E-state index contributed by atoms with van der Waals surface area (Å²) in [5.74, 6) is 0.285. The van der Waals surface area contributed by atoms with Crippen molar-refractivity contribution in [1.29, 1.82) is 0 Å². The molecule has 0 bridgehead atoms. The summed E-state index contributed by atoms with van der Waals surface area (Å²) in [6.45, 7) is 3.79. The number of hydrogen-bond donors (Lipinski definition) is 0. The number of carbonyl (C=O) groups excluding carboxylic acids is 2. The quantitative estimate of drug-likeness (QED) is 0.588. The predicted octanol–water partition coefficient (Wildman–Crippen LogP) is 3.38. The fraction of sp³-hybridized carbons (Fsp3) is 0.333. The molecule has 136 valence electrons. The monoisotopic (exact) mass is 354 g/mol. The van der Waals surface area contributed by atoms with Crippen molar-refractivity contribution in [2.45, 2.75) is 32.8 Å². The van der Waals surface area contributed by atoms with Gasteiger partial charge in [0.2, 0.25) is 11.9 Å². The molecule has 0 aromatic heterocycles. The highest BCUT2D eigenvalue weighted by Gasteiger charge is 2.29. The number of aryl methyl sites for hydroxylation is 2. The molecule has 1 atom stereocenters. The minimum Gasteiger partial charge on any atom is -0.485 e. The second-order valence-corrected chi connectivity index (χ2v) is 6.09. The van der Waals surface area contributed by atoms with E-state index in [2.05, 4.69) is 0 Å². The molecule has 1 heterocycles. The maximum atomic E-state index is 12.5. The van der Waals surface area contributed by atoms with Gasteiger partial charge < -0.3 is 14.2 Å². The molecule has 5 nitrogen and oxygen atoms in total. The van der Waals surface area contributed by atoms with E-state index in [1.165, 1.54) is 0 Å². The Morgan fingerprint density at radius 3 is 2.58 bits per heavy atom. The van der Waals surface area contributed by atoms with Crippen molar-refractivity contribution >= 4 is 11.8 Å². The summed E-state index contributed by atoms with van der Waals surface area (Å²) in [5, 5.41) is 0. The van der Waals surface area contributed by atoms with E-state index in [1.54, 1.807) is 18.2 Å². The van der Waals surface area contributed by atoms with Gasteiger partial charge in [-0.15, -0.1) is 0 Å². The molecule has 1 aliphatic rings. The maximum Gasteiger partial charge on any atom is 0.351 e. The van der Waals surface area contributed by atoms with Crippen LogP contribution in [0.15, 0.2) is 42.5 Å². The van der Waals surface area contributed by atoms with Crippen molar-refractivity contribution in [1.82, 2.24) is 0 Å². The summed E-state index contributed by atoms with van der Waals surface area (Å²) >= 11 is 0. The standard InChI is InChI=1S/C21H22O5/c1-3-14-9-10-15(4-2)16(11-14)17(22)12-25-21(23)20-13-24-18-7-5-6-8-19(18)26-20/h5-11,20H,3-4,12-13H2,1-2H3/t20-/m0/s1. The summed E-state index contributed by atoms with van der Waals surface area (Å²) in [4.78, 5) is 24.8. The van der Waals surface area contributed by atoms with Crippen LogP contribution in [0.2, 0.25) is 0 Å². The topological polar surface area (TPSA) is 61.8 Å². The van der Waals surface area contributed by atoms with Crippen LogP contribution in [0.25, 0.3) is 0 Å². The molecule has 0 fully saturated rings. The molecule has 0 radical (unpaired) electrons. The van der Waals surface area contributed by atoms with Crippen molar-refractivity contribution in [3.05, 3.63) is 59.2 Å². The van der Waals surface area contributed by atoms with Crippen molar-refractivity contribution in [2.75, 3.05) is 13.2 Å². The lowest BCUT2D eigenvalue weighted by atomic mass is 9.98. The zero-order valence-electron chi connectivity index (χ0n) is 15.0. The van der Waals surface area contributed by atoms with Gasteiger partial charge in [0.15, 0.2) is 18.1 Å². The Morgan fingerprint density at radius 1 is 1.08 bits per heavy atom. The van der Waals surface area contributed by atoms with Crippen molar-refractivity contribution in [3.63, 3.8) is 0 Å². The molecule has 0 saturated carbocycles. The molecule has 2 aromatic rings. The van der Waals surface area contributed by atoms with Gasteiger partial charge in [-0.3, -0.25) is 4.79 Å². The molecular formula is C21H22O5. The molecule has 0 amide bonds. The molecule has 2 aromatic carbocycles. The van der Waals surface area contributed by atoms with E-state index in [0.29, 0.717) is 17.1 Å². The van der Waals surface area contributed by atoms with Gasteiger partial charge >= 0.3 is 5.97 Å². The maximum absolute atomic E-state index is 12.5. The SMILES string of the molecule is CCc1ccc(CC)c(C(=O)COC(=O)[C@@H]2COc3ccccc3O2)c1. The Hall–Kier alpha value is -2.82. The average molecular weight is 354 g/mol. The number of Topliss-reactive ketones (excluding diaryl/α,β-unsaturated/α-hetero) is 1. The van der Waals surface area contributed by atoms with Crippen LogP contribution in [0.1, 0.15) is 35.3 Å². The fourth-order valence-corrected chi connectivity index (χ4v) is 2.85. The Balaban J connectivity index is 1.62. The lowest BCUT2D eigenvalue weighted by molar-refractivity contribution is -0.153. The Morgan fingerprint density at radius 2 is 1.85 bits per heavy atom. The Kier molecular flexibility index (Phi) is 5.56. The third kappa shape index (κ3) is 3.87. The number of ketones is 1. The Labute approximate surface area is 152 Å². The highest BCUT2D eigenvalue weighted by molar-refractivity contribution is 5.99. The summed E-state index contributed by atoms with van der Waals surface area (Å²) in [5.41, 5.74) is 2.65. The van der Waals surface area contributed by atoms with Crippen molar-refractivity contribution < 1.29 is 23.8 Å². The molecule has 0 spiro atoms. The lowest BCUT2D eigenvalue weighted by Crippen LogP contribution is -2.38. The number of para-hydroxylation sites is 2. The number of rotatable bonds is 6. The van der Waals surface area contributed by atoms with Gasteiger partial charge in [-0.2, -0.15) is 0 Å². The number of fused-ring (bicyclic) bond motifs is 1. The van der Waals surface area contributed by atoms with Crippen LogP contribution in [-0.2, 0) is 22.4 Å². The third-order valence-electron chi connectivity index (χ3n) is 4.38. The van der Waals surface area contributed by atoms with Crippen LogP contribution in [0, 0.1) is 0 Å². The van der Waals surface area contributed by atoms with Gasteiger partial charge in [-0.05, 0) is 42.2 Å². The molecular weight excluding hydrogens is 332 g/mol. The molecule has 5 heteroatoms. The summed E-state index contributed by atoms with van der Waals surface area (Å²) < 4.78 is 16.3. The second kappa shape index (κ2) is 8.04. The first-order chi connectivity index (χ1) is 12.6. The van der Waals surface area contributed by atoms with Crippen LogP contribution in [-0.4, -0.2) is 31.1 Å². The summed E-state index contributed by atoms with van der Waals surface area (Å²) in [6.07, 6.45) is 0.719. The minimum absolute atomic E-state index is 0.0650. The largest absolute Gasteiger partial charge is 0.485 e. The number of benzene rings is 2. The van der Waals surface area contributed by atoms with Crippen molar-refractivity contribution in [2.24, 2.45) is 0 Å². The van der Waals surface area contributed by atoms with E-state index in [9.17, 15) is 9.59 Å². The minimum atomic E-state index is -0.870. The van der Waals surface area contributed by atoms with Crippen LogP contribution < -0.4 is 9.47 Å². The molecule has 1 aliphatic heterocycles. The first kappa shape index (κ1) is 18.0. The van der Waals surface area contributed by atoms with E-state index in [4.69, 9.17) is 14.2 Å². The molecule has 0 unspecified atom stereocenters. The number of esters is 1. The van der Waals surface area contributed by atoms with Gasteiger partial charge in [0, 0.05) is 5.56 Å². The molecule has 0 aliphatic carbocycles. The molecule has 3 rings (SSSR count). The number of carbonyl (C=O) groups is 2. The van der Waals surface area contributed by atoms with Crippen LogP contribution in [0.5, 0.6) is 11.5 Å². The fourth-order valence-electron chi connectivity index (χ4n) is 2.85. The second-order valence-electron chi connectivity index (χ2n) is 6.09. The summed E-state index contributed by atoms with van der Waals surface area (Å²) in [6, 6.07) is 13.0. The van der Waals surface area contributed by atoms with E-state index in [1.807, 2.05) is 38.1 Å². The lowest BCUT2D eigenvalue weighted by Gasteiger charge is -2.24. The molecule has 0 N–H and O–H groups in total. The zero-order chi connectivity index (χ0) is 18.5. The molecule has 0 saturated heterocycles. The van der Waals surface area contributed by atoms with Gasteiger partial charge in [0.05, 0.1) is 0 Å². The first-order valence-corrected chi connectivity index (χ1v) is 8.82. The van der Waals surface area contributed by atoms with E-state index >= 15 is 0 Å². The van der Waals surface area contributed by atoms with Gasteiger partial charge in [0.25, 0.3) is 0 Å². The van der Waals surface area contributed by atoms with Crippen molar-refractivity contribution in [3.8, 4) is 11.5 Å². The first-order valence-electron chi connectivity index (χ1n) is 8.82. The van der Waals surface area contributed by atoms with Gasteiger partial charge in [0.1, 0.15) is 6.61 Å². The van der Waals surface area contributed by atoms with E-state index < -0.39 is 12.1 Å². The smallest absolute Gasteiger partial charge is 0.351 e. The van der Waals surface area contributed by atoms with Crippen LogP contribution in [0.3, 0.4) is 0 Å². The highest BCUT2D eigenvalue weighted by atomic mass is 16.6. The normalized spacial score (nSPS) is 15.4. The van der Waals surface area contributed by atoms with E-state index in [-0.39, 0.29) is 19.0 Å². The summed E-state index contributed by atoms with van der Waals surface area (Å²) in [7, 11) is 0.